The van der Waals surface area contributed by atoms with Gasteiger partial charge in [-0.3, -0.25) is 0 Å². The third-order valence-electron chi connectivity index (χ3n) is 4.08. The minimum absolute atomic E-state index is 0.123. The number of aromatic amines is 2. The van der Waals surface area contributed by atoms with Gasteiger partial charge in [-0.2, -0.15) is 0 Å². The molecule has 0 aliphatic carbocycles. The van der Waals surface area contributed by atoms with Crippen LogP contribution in [0.1, 0.15) is 27.9 Å². The molecule has 2 heterocycles. The second-order valence-electron chi connectivity index (χ2n) is 5.75. The molecule has 0 saturated carbocycles. The van der Waals surface area contributed by atoms with E-state index in [9.17, 15) is 9.59 Å². The summed E-state index contributed by atoms with van der Waals surface area (Å²) in [5.74, 6) is -0.970. The highest BCUT2D eigenvalue weighted by molar-refractivity contribution is 6.04. The van der Waals surface area contributed by atoms with E-state index in [1.807, 2.05) is 36.4 Å². The van der Waals surface area contributed by atoms with Crippen LogP contribution in [0.25, 0.3) is 21.8 Å². The molecule has 130 valence electrons. The van der Waals surface area contributed by atoms with Gasteiger partial charge in [0.2, 0.25) is 0 Å². The number of nitrogens with one attached hydrogen (secondary N) is 2. The molecule has 0 radical (unpaired) electrons. The van der Waals surface area contributed by atoms with Crippen LogP contribution < -0.4 is 4.74 Å². The van der Waals surface area contributed by atoms with Crippen molar-refractivity contribution in [2.45, 2.75) is 6.92 Å². The number of carbonyl (C=O) groups excluding carboxylic acids is 2. The molecule has 26 heavy (non-hydrogen) atoms. The first kappa shape index (κ1) is 16.0. The van der Waals surface area contributed by atoms with Gasteiger partial charge in [0.05, 0.1) is 6.61 Å². The summed E-state index contributed by atoms with van der Waals surface area (Å²) >= 11 is 0. The minimum Gasteiger partial charge on any atom is -0.461 e. The Hall–Kier alpha value is -3.54. The van der Waals surface area contributed by atoms with Gasteiger partial charge in [0, 0.05) is 21.8 Å². The number of hydrogen-bond acceptors (Lipinski definition) is 4. The summed E-state index contributed by atoms with van der Waals surface area (Å²) in [6.45, 7) is 1.94. The number of benzene rings is 2. The van der Waals surface area contributed by atoms with Crippen LogP contribution in [-0.2, 0) is 4.74 Å². The molecule has 0 spiro atoms. The lowest BCUT2D eigenvalue weighted by molar-refractivity contribution is 0.0515. The maximum Gasteiger partial charge on any atom is 0.360 e. The van der Waals surface area contributed by atoms with E-state index in [0.29, 0.717) is 16.6 Å². The van der Waals surface area contributed by atoms with Gasteiger partial charge in [-0.15, -0.1) is 0 Å². The van der Waals surface area contributed by atoms with E-state index in [-0.39, 0.29) is 18.1 Å². The third kappa shape index (κ3) is 2.71. The second-order valence-corrected chi connectivity index (χ2v) is 5.75. The third-order valence-corrected chi connectivity index (χ3v) is 4.08. The van der Waals surface area contributed by atoms with Crippen molar-refractivity contribution < 1.29 is 19.1 Å². The van der Waals surface area contributed by atoms with Crippen LogP contribution in [0.3, 0.4) is 0 Å². The van der Waals surface area contributed by atoms with Crippen LogP contribution in [0.5, 0.6) is 5.75 Å². The van der Waals surface area contributed by atoms with Crippen LogP contribution in [0, 0.1) is 0 Å². The summed E-state index contributed by atoms with van der Waals surface area (Å²) in [5.41, 5.74) is 1.96. The Balaban J connectivity index is 1.74. The predicted molar refractivity (Wildman–Crippen MR) is 97.5 cm³/mol. The highest BCUT2D eigenvalue weighted by atomic mass is 16.5. The molecule has 4 rings (SSSR count). The topological polar surface area (TPSA) is 84.2 Å². The monoisotopic (exact) mass is 348 g/mol. The number of esters is 2. The molecule has 0 unspecified atom stereocenters. The van der Waals surface area contributed by atoms with E-state index >= 15 is 0 Å². The van der Waals surface area contributed by atoms with Gasteiger partial charge >= 0.3 is 11.9 Å². The minimum atomic E-state index is -0.573. The van der Waals surface area contributed by atoms with Crippen molar-refractivity contribution >= 4 is 33.7 Å². The second kappa shape index (κ2) is 6.40. The molecule has 0 atom stereocenters. The van der Waals surface area contributed by atoms with E-state index < -0.39 is 11.9 Å². The molecular formula is C20H16N2O4. The average molecular weight is 348 g/mol. The zero-order chi connectivity index (χ0) is 18.1. The fourth-order valence-corrected chi connectivity index (χ4v) is 2.90. The fraction of sp³-hybridized carbons (Fsp3) is 0.100. The van der Waals surface area contributed by atoms with E-state index in [0.717, 1.165) is 10.9 Å². The van der Waals surface area contributed by atoms with Crippen molar-refractivity contribution in [3.05, 3.63) is 66.0 Å². The molecule has 0 fully saturated rings. The lowest BCUT2D eigenvalue weighted by Crippen LogP contribution is -2.13. The van der Waals surface area contributed by atoms with Crippen LogP contribution in [0.15, 0.2) is 54.6 Å². The number of ether oxygens (including phenoxy) is 2. The van der Waals surface area contributed by atoms with Crippen molar-refractivity contribution in [2.24, 2.45) is 0 Å². The van der Waals surface area contributed by atoms with Gasteiger partial charge in [0.15, 0.2) is 11.4 Å². The summed E-state index contributed by atoms with van der Waals surface area (Å²) < 4.78 is 10.6. The Labute approximate surface area is 148 Å². The first-order chi connectivity index (χ1) is 12.7. The highest BCUT2D eigenvalue weighted by Gasteiger charge is 2.23. The van der Waals surface area contributed by atoms with Gasteiger partial charge in [-0.25, -0.2) is 9.59 Å². The summed E-state index contributed by atoms with van der Waals surface area (Å²) in [4.78, 5) is 30.9. The van der Waals surface area contributed by atoms with Gasteiger partial charge in [0.25, 0.3) is 0 Å². The largest absolute Gasteiger partial charge is 0.461 e. The van der Waals surface area contributed by atoms with Crippen molar-refractivity contribution in [1.29, 1.82) is 0 Å². The van der Waals surface area contributed by atoms with Crippen LogP contribution in [0.2, 0.25) is 0 Å². The smallest absolute Gasteiger partial charge is 0.360 e. The molecule has 6 heteroatoms. The van der Waals surface area contributed by atoms with Gasteiger partial charge < -0.3 is 19.4 Å². The van der Waals surface area contributed by atoms with Crippen molar-refractivity contribution in [2.75, 3.05) is 6.61 Å². The molecule has 0 bridgehead atoms. The van der Waals surface area contributed by atoms with Gasteiger partial charge in [-0.1, -0.05) is 30.3 Å². The van der Waals surface area contributed by atoms with Crippen molar-refractivity contribution in [1.82, 2.24) is 9.97 Å². The van der Waals surface area contributed by atoms with E-state index in [4.69, 9.17) is 9.47 Å². The number of para-hydroxylation sites is 2. The number of fused-ring (bicyclic) bond motifs is 2. The normalized spacial score (nSPS) is 11.0. The van der Waals surface area contributed by atoms with Crippen LogP contribution in [0.4, 0.5) is 0 Å². The molecular weight excluding hydrogens is 332 g/mol. The van der Waals surface area contributed by atoms with Crippen molar-refractivity contribution in [3.8, 4) is 5.75 Å². The molecule has 0 aliphatic heterocycles. The Bertz CT molecular complexity index is 1090. The Kier molecular flexibility index (Phi) is 3.93. The lowest BCUT2D eigenvalue weighted by atomic mass is 10.2. The fourth-order valence-electron chi connectivity index (χ4n) is 2.90. The first-order valence-corrected chi connectivity index (χ1v) is 8.25. The SMILES string of the molecule is CCOC(=O)c1[nH]c2ccccc2c1OC(=O)c1cc2ccccc2[nH]1. The predicted octanol–water partition coefficient (Wildman–Crippen LogP) is 4.05. The standard InChI is InChI=1S/C20H16N2O4/c1-2-25-20(24)17-18(13-8-4-6-10-15(13)22-17)26-19(23)16-11-12-7-3-5-9-14(12)21-16/h3-11,21-22H,2H2,1H3. The van der Waals surface area contributed by atoms with Crippen molar-refractivity contribution in [3.63, 3.8) is 0 Å². The first-order valence-electron chi connectivity index (χ1n) is 8.25. The maximum atomic E-state index is 12.6. The highest BCUT2D eigenvalue weighted by Crippen LogP contribution is 2.31. The van der Waals surface area contributed by atoms with E-state index in [2.05, 4.69) is 9.97 Å². The number of carbonyl (C=O) groups is 2. The van der Waals surface area contributed by atoms with E-state index in [1.165, 1.54) is 0 Å². The maximum absolute atomic E-state index is 12.6. The molecule has 2 N–H and O–H groups in total. The quantitative estimate of drug-likeness (QED) is 0.545. The summed E-state index contributed by atoms with van der Waals surface area (Å²) in [7, 11) is 0. The summed E-state index contributed by atoms with van der Waals surface area (Å²) in [5, 5.41) is 1.55. The Morgan fingerprint density at radius 1 is 0.923 bits per heavy atom. The van der Waals surface area contributed by atoms with Crippen LogP contribution >= 0.6 is 0 Å². The zero-order valence-corrected chi connectivity index (χ0v) is 14.0. The zero-order valence-electron chi connectivity index (χ0n) is 14.0. The van der Waals surface area contributed by atoms with Gasteiger partial charge in [-0.05, 0) is 31.2 Å². The Morgan fingerprint density at radius 2 is 1.65 bits per heavy atom. The average Bonchev–Trinajstić information content (AvgIpc) is 3.24. The molecule has 0 saturated heterocycles. The number of rotatable bonds is 4. The summed E-state index contributed by atoms with van der Waals surface area (Å²) in [6, 6.07) is 16.5. The lowest BCUT2D eigenvalue weighted by Gasteiger charge is -2.05. The Morgan fingerprint density at radius 3 is 2.42 bits per heavy atom. The molecule has 4 aromatic rings. The summed E-state index contributed by atoms with van der Waals surface area (Å²) in [6.07, 6.45) is 0. The van der Waals surface area contributed by atoms with E-state index in [1.54, 1.807) is 25.1 Å². The molecule has 2 aromatic heterocycles. The van der Waals surface area contributed by atoms with Gasteiger partial charge in [0.1, 0.15) is 5.69 Å². The number of aromatic nitrogens is 2. The van der Waals surface area contributed by atoms with Crippen LogP contribution in [-0.4, -0.2) is 28.5 Å². The molecule has 0 aliphatic rings. The molecule has 0 amide bonds. The molecule has 2 aromatic carbocycles. The molecule has 6 nitrogen and oxygen atoms in total. The number of H-pyrrole nitrogens is 2. The number of hydrogen-bond donors (Lipinski definition) is 2.